The van der Waals surface area contributed by atoms with Crippen LogP contribution < -0.4 is 16.2 Å². The largest absolute Gasteiger partial charge is 0.467 e. The zero-order valence-electron chi connectivity index (χ0n) is 17.8. The van der Waals surface area contributed by atoms with Gasteiger partial charge in [-0.2, -0.15) is 0 Å². The van der Waals surface area contributed by atoms with Gasteiger partial charge in [0.25, 0.3) is 11.8 Å². The summed E-state index contributed by atoms with van der Waals surface area (Å²) in [5.74, 6) is -0.611. The van der Waals surface area contributed by atoms with E-state index in [-0.39, 0.29) is 39.3 Å². The number of anilines is 1. The van der Waals surface area contributed by atoms with Gasteiger partial charge in [0.05, 0.1) is 16.9 Å². The van der Waals surface area contributed by atoms with Gasteiger partial charge in [0.15, 0.2) is 5.82 Å². The molecule has 0 spiro atoms. The molecule has 7 nitrogen and oxygen atoms in total. The van der Waals surface area contributed by atoms with E-state index < -0.39 is 11.9 Å². The third kappa shape index (κ3) is 4.88. The molecule has 4 rings (SSSR count). The second-order valence-corrected chi connectivity index (χ2v) is 8.63. The van der Waals surface area contributed by atoms with E-state index >= 15 is 0 Å². The van der Waals surface area contributed by atoms with E-state index in [4.69, 9.17) is 39.4 Å². The highest BCUT2D eigenvalue weighted by molar-refractivity contribution is 6.36. The molecule has 1 amide bonds. The predicted octanol–water partition coefficient (Wildman–Crippen LogP) is 4.48. The van der Waals surface area contributed by atoms with E-state index in [0.29, 0.717) is 29.9 Å². The molecule has 1 unspecified atom stereocenters. The third-order valence-electron chi connectivity index (χ3n) is 5.46. The van der Waals surface area contributed by atoms with Gasteiger partial charge < -0.3 is 21.1 Å². The number of benzene rings is 2. The number of amides is 1. The Labute approximate surface area is 200 Å². The number of hydrogen-bond donors (Lipinski definition) is 2. The second-order valence-electron chi connectivity index (χ2n) is 7.84. The number of ether oxygens (including phenoxy) is 1. The third-order valence-corrected chi connectivity index (χ3v) is 6.17. The number of nitrogens with zero attached hydrogens (tertiary/aromatic N) is 3. The summed E-state index contributed by atoms with van der Waals surface area (Å²) in [5.41, 5.74) is 13.8. The van der Waals surface area contributed by atoms with E-state index in [2.05, 4.69) is 9.97 Å². The first-order valence-electron chi connectivity index (χ1n) is 10.3. The monoisotopic (exact) mass is 489 g/mol. The lowest BCUT2D eigenvalue weighted by molar-refractivity contribution is 0.0791. The first kappa shape index (κ1) is 23.2. The van der Waals surface area contributed by atoms with Gasteiger partial charge in [-0.25, -0.2) is 14.4 Å². The van der Waals surface area contributed by atoms with Crippen LogP contribution in [-0.4, -0.2) is 39.9 Å². The van der Waals surface area contributed by atoms with Gasteiger partial charge in [-0.15, -0.1) is 0 Å². The molecule has 4 N–H and O–H groups in total. The summed E-state index contributed by atoms with van der Waals surface area (Å²) < 4.78 is 19.8. The maximum absolute atomic E-state index is 13.9. The quantitative estimate of drug-likeness (QED) is 0.511. The van der Waals surface area contributed by atoms with Crippen molar-refractivity contribution in [1.82, 2.24) is 14.9 Å². The van der Waals surface area contributed by atoms with Gasteiger partial charge in [-0.05, 0) is 37.6 Å². The molecule has 0 saturated carbocycles. The van der Waals surface area contributed by atoms with E-state index in [1.54, 1.807) is 36.1 Å². The second kappa shape index (κ2) is 9.51. The molecule has 1 aromatic heterocycles. The molecule has 1 saturated heterocycles. The number of nitrogens with two attached hydrogens (primary N) is 2. The number of carbonyl (C=O) groups excluding carboxylic acids is 1. The van der Waals surface area contributed by atoms with Crippen molar-refractivity contribution in [2.24, 2.45) is 5.73 Å². The van der Waals surface area contributed by atoms with Crippen LogP contribution >= 0.6 is 23.2 Å². The lowest BCUT2D eigenvalue weighted by Crippen LogP contribution is -2.31. The number of aromatic nitrogens is 2. The van der Waals surface area contributed by atoms with Crippen LogP contribution in [0.15, 0.2) is 42.6 Å². The first-order chi connectivity index (χ1) is 15.7. The summed E-state index contributed by atoms with van der Waals surface area (Å²) in [4.78, 5) is 23.2. The average Bonchev–Trinajstić information content (AvgIpc) is 3.24. The molecule has 0 bridgehead atoms. The Morgan fingerprint density at radius 3 is 2.82 bits per heavy atom. The van der Waals surface area contributed by atoms with Crippen molar-refractivity contribution in [3.8, 4) is 17.1 Å². The van der Waals surface area contributed by atoms with E-state index in [1.165, 1.54) is 18.3 Å². The van der Waals surface area contributed by atoms with Gasteiger partial charge >= 0.3 is 0 Å². The van der Waals surface area contributed by atoms with Crippen molar-refractivity contribution in [3.05, 3.63) is 69.6 Å². The molecule has 1 aliphatic rings. The molecule has 1 aliphatic heterocycles. The maximum Gasteiger partial charge on any atom is 0.258 e. The number of carbonyl (C=O) groups is 1. The predicted molar refractivity (Wildman–Crippen MR) is 126 cm³/mol. The number of nitrogen functional groups attached to an aromatic ring is 1. The molecule has 2 atom stereocenters. The fourth-order valence-corrected chi connectivity index (χ4v) is 4.39. The minimum absolute atomic E-state index is 0.00175. The Kier molecular flexibility index (Phi) is 6.69. The van der Waals surface area contributed by atoms with Crippen LogP contribution in [0.4, 0.5) is 10.2 Å². The molecule has 2 aromatic carbocycles. The summed E-state index contributed by atoms with van der Waals surface area (Å²) in [7, 11) is 0. The number of halogens is 3. The van der Waals surface area contributed by atoms with E-state index in [9.17, 15) is 9.18 Å². The van der Waals surface area contributed by atoms with Crippen LogP contribution in [0.25, 0.3) is 11.3 Å². The van der Waals surface area contributed by atoms with Gasteiger partial charge in [0.1, 0.15) is 11.9 Å². The highest BCUT2D eigenvalue weighted by Gasteiger charge is 2.25. The zero-order valence-corrected chi connectivity index (χ0v) is 19.3. The SMILES string of the molecule is CC(Oc1nc(-c2cccc(C(=O)N3CC[C@@H](N)C3)c2)cnc1N)c1c(Cl)ccc(F)c1Cl. The minimum atomic E-state index is -0.750. The molecule has 10 heteroatoms. The first-order valence-corrected chi connectivity index (χ1v) is 11.1. The van der Waals surface area contributed by atoms with Gasteiger partial charge in [0, 0.05) is 40.8 Å². The van der Waals surface area contributed by atoms with Crippen molar-refractivity contribution in [2.45, 2.75) is 25.5 Å². The molecular weight excluding hydrogens is 468 g/mol. The van der Waals surface area contributed by atoms with Crippen LogP contribution in [0.2, 0.25) is 10.0 Å². The summed E-state index contributed by atoms with van der Waals surface area (Å²) >= 11 is 12.3. The number of likely N-dealkylation sites (tertiary alicyclic amines) is 1. The highest BCUT2D eigenvalue weighted by atomic mass is 35.5. The fraction of sp³-hybridized carbons (Fsp3) is 0.261. The molecule has 0 aliphatic carbocycles. The molecular formula is C23H22Cl2FN5O2. The van der Waals surface area contributed by atoms with Crippen molar-refractivity contribution in [1.29, 1.82) is 0 Å². The molecule has 172 valence electrons. The van der Waals surface area contributed by atoms with Gasteiger partial charge in [-0.1, -0.05) is 35.3 Å². The Hall–Kier alpha value is -2.94. The summed E-state index contributed by atoms with van der Waals surface area (Å²) in [6.45, 7) is 2.82. The Morgan fingerprint density at radius 2 is 2.09 bits per heavy atom. The van der Waals surface area contributed by atoms with Crippen LogP contribution in [0.5, 0.6) is 5.88 Å². The number of hydrogen-bond acceptors (Lipinski definition) is 6. The average molecular weight is 490 g/mol. The zero-order chi connectivity index (χ0) is 23.7. The lowest BCUT2D eigenvalue weighted by atomic mass is 10.1. The molecule has 2 heterocycles. The summed E-state index contributed by atoms with van der Waals surface area (Å²) in [5, 5.41) is 0.120. The lowest BCUT2D eigenvalue weighted by Gasteiger charge is -2.18. The molecule has 3 aromatic rings. The summed E-state index contributed by atoms with van der Waals surface area (Å²) in [6.07, 6.45) is 1.53. The normalized spacial score (nSPS) is 16.6. The van der Waals surface area contributed by atoms with Crippen molar-refractivity contribution in [2.75, 3.05) is 18.8 Å². The summed E-state index contributed by atoms with van der Waals surface area (Å²) in [6, 6.07) is 9.64. The van der Waals surface area contributed by atoms with Crippen molar-refractivity contribution in [3.63, 3.8) is 0 Å². The smallest absolute Gasteiger partial charge is 0.258 e. The van der Waals surface area contributed by atoms with Gasteiger partial charge in [-0.3, -0.25) is 4.79 Å². The minimum Gasteiger partial charge on any atom is -0.467 e. The molecule has 1 fully saturated rings. The Bertz CT molecular complexity index is 1210. The molecule has 33 heavy (non-hydrogen) atoms. The Balaban J connectivity index is 1.61. The Morgan fingerprint density at radius 1 is 1.30 bits per heavy atom. The highest BCUT2D eigenvalue weighted by Crippen LogP contribution is 2.35. The number of rotatable bonds is 5. The van der Waals surface area contributed by atoms with Crippen molar-refractivity contribution < 1.29 is 13.9 Å². The van der Waals surface area contributed by atoms with Gasteiger partial charge in [0.2, 0.25) is 0 Å². The van der Waals surface area contributed by atoms with Crippen LogP contribution in [0, 0.1) is 5.82 Å². The topological polar surface area (TPSA) is 107 Å². The fourth-order valence-electron chi connectivity index (χ4n) is 3.71. The van der Waals surface area contributed by atoms with Crippen LogP contribution in [0.3, 0.4) is 0 Å². The van der Waals surface area contributed by atoms with E-state index in [1.807, 2.05) is 0 Å². The van der Waals surface area contributed by atoms with Crippen LogP contribution in [0.1, 0.15) is 35.4 Å². The van der Waals surface area contributed by atoms with E-state index in [0.717, 1.165) is 6.42 Å². The molecule has 0 radical (unpaired) electrons. The van der Waals surface area contributed by atoms with Crippen LogP contribution in [-0.2, 0) is 0 Å². The maximum atomic E-state index is 13.9. The van der Waals surface area contributed by atoms with Crippen molar-refractivity contribution >= 4 is 34.9 Å². The standard InChI is InChI=1S/C23H22Cl2FN5O2/c1-12(19-16(24)5-6-17(26)20(19)25)33-22-21(28)29-10-18(30-22)13-3-2-4-14(9-13)23(32)31-8-7-15(27)11-31/h2-6,9-10,12,15H,7-8,11,27H2,1H3,(H2,28,29)/t12?,15-/m1/s1.